The zero-order chi connectivity index (χ0) is 14.1. The molecule has 0 saturated carbocycles. The van der Waals surface area contributed by atoms with Crippen LogP contribution in [0.25, 0.3) is 0 Å². The Bertz CT molecular complexity index is 250. The lowest BCUT2D eigenvalue weighted by molar-refractivity contribution is -0.121. The number of carbonyl (C=O) groups is 1. The highest BCUT2D eigenvalue weighted by atomic mass is 16.1. The molecule has 0 radical (unpaired) electrons. The number of piperidine rings is 1. The predicted molar refractivity (Wildman–Crippen MR) is 80.2 cm³/mol. The van der Waals surface area contributed by atoms with Crippen LogP contribution in [0, 0.1) is 5.92 Å². The lowest BCUT2D eigenvalue weighted by atomic mass is 9.99. The Kier molecular flexibility index (Phi) is 8.07. The Hall–Kier alpha value is -0.610. The lowest BCUT2D eigenvalue weighted by Gasteiger charge is -2.30. The molecular weight excluding hydrogens is 238 g/mol. The molecule has 0 bridgehead atoms. The molecule has 1 rings (SSSR count). The average Bonchev–Trinajstić information content (AvgIpc) is 2.37. The van der Waals surface area contributed by atoms with Crippen LogP contribution in [0.5, 0.6) is 0 Å². The second kappa shape index (κ2) is 9.32. The summed E-state index contributed by atoms with van der Waals surface area (Å²) in [5.74, 6) is 0.936. The van der Waals surface area contributed by atoms with Gasteiger partial charge in [0, 0.05) is 25.6 Å². The molecular formula is C15H31N3O. The fourth-order valence-corrected chi connectivity index (χ4v) is 2.71. The van der Waals surface area contributed by atoms with Crippen LogP contribution in [0.2, 0.25) is 0 Å². The topological polar surface area (TPSA) is 44.4 Å². The lowest BCUT2D eigenvalue weighted by Crippen LogP contribution is -2.40. The van der Waals surface area contributed by atoms with Crippen LogP contribution in [0.15, 0.2) is 0 Å². The van der Waals surface area contributed by atoms with E-state index in [0.717, 1.165) is 38.5 Å². The highest BCUT2D eigenvalue weighted by molar-refractivity contribution is 5.76. The molecule has 1 saturated heterocycles. The maximum Gasteiger partial charge on any atom is 0.221 e. The summed E-state index contributed by atoms with van der Waals surface area (Å²) in [5.41, 5.74) is 0. The van der Waals surface area contributed by atoms with Crippen LogP contribution in [0.3, 0.4) is 0 Å². The summed E-state index contributed by atoms with van der Waals surface area (Å²) < 4.78 is 0. The minimum atomic E-state index is 0.179. The molecule has 1 amide bonds. The smallest absolute Gasteiger partial charge is 0.221 e. The van der Waals surface area contributed by atoms with E-state index in [1.165, 1.54) is 19.4 Å². The zero-order valence-corrected chi connectivity index (χ0v) is 12.9. The second-order valence-corrected chi connectivity index (χ2v) is 5.99. The van der Waals surface area contributed by atoms with Gasteiger partial charge >= 0.3 is 0 Å². The van der Waals surface area contributed by atoms with Crippen LogP contribution >= 0.6 is 0 Å². The van der Waals surface area contributed by atoms with Crippen molar-refractivity contribution in [2.75, 3.05) is 32.7 Å². The van der Waals surface area contributed by atoms with Gasteiger partial charge in [0.05, 0.1) is 0 Å². The van der Waals surface area contributed by atoms with Gasteiger partial charge in [-0.3, -0.25) is 4.79 Å². The first-order valence-corrected chi connectivity index (χ1v) is 7.84. The van der Waals surface area contributed by atoms with Crippen LogP contribution in [-0.4, -0.2) is 49.6 Å². The molecule has 0 aliphatic carbocycles. The quantitative estimate of drug-likeness (QED) is 0.704. The van der Waals surface area contributed by atoms with Crippen molar-refractivity contribution in [1.29, 1.82) is 0 Å². The van der Waals surface area contributed by atoms with Gasteiger partial charge in [0.1, 0.15) is 0 Å². The molecule has 4 heteroatoms. The first-order chi connectivity index (χ1) is 9.11. The molecule has 1 atom stereocenters. The highest BCUT2D eigenvalue weighted by Gasteiger charge is 2.17. The predicted octanol–water partition coefficient (Wildman–Crippen LogP) is 1.61. The Balaban J connectivity index is 2.28. The van der Waals surface area contributed by atoms with Crippen molar-refractivity contribution in [2.24, 2.45) is 5.92 Å². The summed E-state index contributed by atoms with van der Waals surface area (Å²) in [6.07, 6.45) is 4.40. The molecule has 1 fully saturated rings. The van der Waals surface area contributed by atoms with E-state index in [-0.39, 0.29) is 11.9 Å². The maximum absolute atomic E-state index is 11.7. The van der Waals surface area contributed by atoms with E-state index in [4.69, 9.17) is 0 Å². The van der Waals surface area contributed by atoms with E-state index >= 15 is 0 Å². The molecule has 0 aromatic carbocycles. The van der Waals surface area contributed by atoms with Crippen LogP contribution in [-0.2, 0) is 4.79 Å². The van der Waals surface area contributed by atoms with Gasteiger partial charge < -0.3 is 15.5 Å². The summed E-state index contributed by atoms with van der Waals surface area (Å²) in [7, 11) is 0. The van der Waals surface area contributed by atoms with Crippen molar-refractivity contribution in [1.82, 2.24) is 15.5 Å². The SMILES string of the molecule is CCCN(CCC(=O)NC(C)C)CC1CCCNC1. The molecule has 0 spiro atoms. The molecule has 4 nitrogen and oxygen atoms in total. The molecule has 112 valence electrons. The third kappa shape index (κ3) is 7.53. The van der Waals surface area contributed by atoms with Crippen molar-refractivity contribution >= 4 is 5.91 Å². The average molecular weight is 269 g/mol. The summed E-state index contributed by atoms with van der Waals surface area (Å²) in [5, 5.41) is 6.43. The van der Waals surface area contributed by atoms with Gasteiger partial charge in [-0.05, 0) is 58.7 Å². The molecule has 2 N–H and O–H groups in total. The highest BCUT2D eigenvalue weighted by Crippen LogP contribution is 2.12. The van der Waals surface area contributed by atoms with Gasteiger partial charge in [-0.15, -0.1) is 0 Å². The van der Waals surface area contributed by atoms with Crippen molar-refractivity contribution in [3.63, 3.8) is 0 Å². The normalized spacial score (nSPS) is 19.9. The maximum atomic E-state index is 11.7. The Morgan fingerprint density at radius 3 is 2.79 bits per heavy atom. The number of hydrogen-bond donors (Lipinski definition) is 2. The van der Waals surface area contributed by atoms with Gasteiger partial charge in [0.25, 0.3) is 0 Å². The van der Waals surface area contributed by atoms with Gasteiger partial charge in [-0.25, -0.2) is 0 Å². The molecule has 19 heavy (non-hydrogen) atoms. The Morgan fingerprint density at radius 1 is 1.42 bits per heavy atom. The monoisotopic (exact) mass is 269 g/mol. The summed E-state index contributed by atoms with van der Waals surface area (Å²) >= 11 is 0. The number of carbonyl (C=O) groups excluding carboxylic acids is 1. The van der Waals surface area contributed by atoms with Crippen molar-refractivity contribution in [3.05, 3.63) is 0 Å². The van der Waals surface area contributed by atoms with Crippen LogP contribution in [0.1, 0.15) is 46.5 Å². The second-order valence-electron chi connectivity index (χ2n) is 5.99. The van der Waals surface area contributed by atoms with E-state index in [1.807, 2.05) is 13.8 Å². The summed E-state index contributed by atoms with van der Waals surface area (Å²) in [6, 6.07) is 0.245. The molecule has 1 unspecified atom stereocenters. The van der Waals surface area contributed by atoms with Gasteiger partial charge in [-0.2, -0.15) is 0 Å². The molecule has 1 heterocycles. The summed E-state index contributed by atoms with van der Waals surface area (Å²) in [6.45, 7) is 11.7. The molecule has 0 aromatic heterocycles. The first kappa shape index (κ1) is 16.4. The van der Waals surface area contributed by atoms with Gasteiger partial charge in [0.2, 0.25) is 5.91 Å². The zero-order valence-electron chi connectivity index (χ0n) is 12.9. The van der Waals surface area contributed by atoms with Crippen LogP contribution < -0.4 is 10.6 Å². The third-order valence-corrected chi connectivity index (χ3v) is 3.56. The van der Waals surface area contributed by atoms with E-state index in [9.17, 15) is 4.79 Å². The van der Waals surface area contributed by atoms with E-state index in [1.54, 1.807) is 0 Å². The van der Waals surface area contributed by atoms with E-state index in [2.05, 4.69) is 22.5 Å². The van der Waals surface area contributed by atoms with Crippen molar-refractivity contribution in [2.45, 2.75) is 52.5 Å². The molecule has 0 aromatic rings. The Morgan fingerprint density at radius 2 is 2.21 bits per heavy atom. The standard InChI is InChI=1S/C15H31N3O/c1-4-9-18(10-7-15(19)17-13(2)3)12-14-6-5-8-16-11-14/h13-14,16H,4-12H2,1-3H3,(H,17,19). The fraction of sp³-hybridized carbons (Fsp3) is 0.933. The minimum absolute atomic E-state index is 0.179. The molecule has 1 aliphatic heterocycles. The number of nitrogens with zero attached hydrogens (tertiary/aromatic N) is 1. The van der Waals surface area contributed by atoms with E-state index < -0.39 is 0 Å². The largest absolute Gasteiger partial charge is 0.354 e. The van der Waals surface area contributed by atoms with Gasteiger partial charge in [0.15, 0.2) is 0 Å². The van der Waals surface area contributed by atoms with E-state index in [0.29, 0.717) is 6.42 Å². The van der Waals surface area contributed by atoms with Crippen molar-refractivity contribution in [3.8, 4) is 0 Å². The summed E-state index contributed by atoms with van der Waals surface area (Å²) in [4.78, 5) is 14.2. The number of amides is 1. The number of rotatable bonds is 8. The Labute approximate surface area is 118 Å². The molecule has 1 aliphatic rings. The van der Waals surface area contributed by atoms with Crippen LogP contribution in [0.4, 0.5) is 0 Å². The number of nitrogens with one attached hydrogen (secondary N) is 2. The number of hydrogen-bond acceptors (Lipinski definition) is 3. The van der Waals surface area contributed by atoms with Crippen molar-refractivity contribution < 1.29 is 4.79 Å². The fourth-order valence-electron chi connectivity index (χ4n) is 2.71. The minimum Gasteiger partial charge on any atom is -0.354 e. The van der Waals surface area contributed by atoms with Gasteiger partial charge in [-0.1, -0.05) is 6.92 Å². The third-order valence-electron chi connectivity index (χ3n) is 3.56. The first-order valence-electron chi connectivity index (χ1n) is 7.84.